The van der Waals surface area contributed by atoms with Crippen molar-refractivity contribution >= 4 is 31.6 Å². The number of nitrogens with zero attached hydrogens (tertiary/aromatic N) is 2. The maximum Gasteiger partial charge on any atom is 0.0906 e. The number of rotatable bonds is 0. The first kappa shape index (κ1) is 7.88. The molecule has 0 aliphatic rings. The second kappa shape index (κ2) is 2.75. The zero-order chi connectivity index (χ0) is 9.54. The zero-order valence-corrected chi connectivity index (χ0v) is 8.51. The fourth-order valence-corrected chi connectivity index (χ4v) is 2.81. The molecule has 3 rings (SSSR count). The molecule has 0 radical (unpaired) electrons. The molecule has 0 saturated heterocycles. The number of aryl methyl sites for hydroxylation is 1. The minimum atomic E-state index is 1.06. The highest BCUT2D eigenvalue weighted by molar-refractivity contribution is 7.25. The monoisotopic (exact) mass is 200 g/mol. The second-order valence-corrected chi connectivity index (χ2v) is 4.31. The van der Waals surface area contributed by atoms with Crippen molar-refractivity contribution in [1.82, 2.24) is 9.97 Å². The molecule has 0 unspecified atom stereocenters. The van der Waals surface area contributed by atoms with Crippen molar-refractivity contribution in [2.24, 2.45) is 0 Å². The number of hydrogen-bond acceptors (Lipinski definition) is 3. The van der Waals surface area contributed by atoms with E-state index in [1.165, 1.54) is 14.8 Å². The number of pyridine rings is 2. The van der Waals surface area contributed by atoms with E-state index < -0.39 is 0 Å². The largest absolute Gasteiger partial charge is 0.261 e. The van der Waals surface area contributed by atoms with Gasteiger partial charge < -0.3 is 0 Å². The summed E-state index contributed by atoms with van der Waals surface area (Å²) in [5, 5.41) is 1.20. The Morgan fingerprint density at radius 3 is 2.93 bits per heavy atom. The molecule has 2 nitrogen and oxygen atoms in total. The highest BCUT2D eigenvalue weighted by Crippen LogP contribution is 2.32. The van der Waals surface area contributed by atoms with Crippen LogP contribution in [-0.2, 0) is 0 Å². The van der Waals surface area contributed by atoms with Crippen molar-refractivity contribution in [2.75, 3.05) is 0 Å². The van der Waals surface area contributed by atoms with Gasteiger partial charge in [0.05, 0.1) is 10.2 Å². The molecule has 68 valence electrons. The Morgan fingerprint density at radius 2 is 2.00 bits per heavy atom. The summed E-state index contributed by atoms with van der Waals surface area (Å²) in [7, 11) is 0. The van der Waals surface area contributed by atoms with Crippen LogP contribution in [0.5, 0.6) is 0 Å². The Labute approximate surface area is 85.2 Å². The topological polar surface area (TPSA) is 25.8 Å². The molecule has 3 aromatic heterocycles. The summed E-state index contributed by atoms with van der Waals surface area (Å²) in [5.41, 5.74) is 2.14. The summed E-state index contributed by atoms with van der Waals surface area (Å²) >= 11 is 1.77. The zero-order valence-electron chi connectivity index (χ0n) is 7.69. The first-order chi connectivity index (χ1) is 6.86. The fraction of sp³-hybridized carbons (Fsp3) is 0.0909. The fourth-order valence-electron chi connectivity index (χ4n) is 1.70. The number of fused-ring (bicyclic) bond motifs is 3. The molecule has 0 bridgehead atoms. The van der Waals surface area contributed by atoms with Gasteiger partial charge in [-0.1, -0.05) is 0 Å². The molecule has 0 amide bonds. The number of hydrogen-bond donors (Lipinski definition) is 0. The standard InChI is InChI=1S/C11H8N2S/c1-7-10-8(4-6-12-7)14-9-3-2-5-13-11(9)10/h2-6H,1H3. The average Bonchev–Trinajstić information content (AvgIpc) is 2.57. The molecule has 0 saturated carbocycles. The van der Waals surface area contributed by atoms with Gasteiger partial charge in [0.15, 0.2) is 0 Å². The second-order valence-electron chi connectivity index (χ2n) is 3.22. The van der Waals surface area contributed by atoms with Crippen LogP contribution in [0, 0.1) is 6.92 Å². The lowest BCUT2D eigenvalue weighted by Crippen LogP contribution is -1.80. The first-order valence-electron chi connectivity index (χ1n) is 4.45. The van der Waals surface area contributed by atoms with E-state index in [4.69, 9.17) is 0 Å². The highest BCUT2D eigenvalue weighted by atomic mass is 32.1. The third-order valence-electron chi connectivity index (χ3n) is 2.33. The van der Waals surface area contributed by atoms with E-state index in [2.05, 4.69) is 22.1 Å². The minimum Gasteiger partial charge on any atom is -0.261 e. The third kappa shape index (κ3) is 0.960. The Bertz CT molecular complexity index is 613. The SMILES string of the molecule is Cc1nccc2sc3cccnc3c12. The smallest absolute Gasteiger partial charge is 0.0906 e. The molecule has 14 heavy (non-hydrogen) atoms. The van der Waals surface area contributed by atoms with Crippen LogP contribution >= 0.6 is 11.3 Å². The van der Waals surface area contributed by atoms with Gasteiger partial charge in [0.25, 0.3) is 0 Å². The maximum absolute atomic E-state index is 4.40. The summed E-state index contributed by atoms with van der Waals surface area (Å²) in [4.78, 5) is 8.70. The molecule has 3 aromatic rings. The first-order valence-corrected chi connectivity index (χ1v) is 5.27. The van der Waals surface area contributed by atoms with Gasteiger partial charge >= 0.3 is 0 Å². The van der Waals surface area contributed by atoms with Crippen LogP contribution in [0.4, 0.5) is 0 Å². The van der Waals surface area contributed by atoms with E-state index in [0.29, 0.717) is 0 Å². The highest BCUT2D eigenvalue weighted by Gasteiger charge is 2.07. The number of thiophene rings is 1. The average molecular weight is 200 g/mol. The molecule has 0 aliphatic carbocycles. The molecular formula is C11H8N2S. The van der Waals surface area contributed by atoms with Crippen molar-refractivity contribution in [3.63, 3.8) is 0 Å². The number of aromatic nitrogens is 2. The van der Waals surface area contributed by atoms with Crippen molar-refractivity contribution < 1.29 is 0 Å². The van der Waals surface area contributed by atoms with E-state index in [1.54, 1.807) is 11.3 Å². The van der Waals surface area contributed by atoms with Gasteiger partial charge in [0, 0.05) is 28.2 Å². The van der Waals surface area contributed by atoms with Crippen molar-refractivity contribution in [1.29, 1.82) is 0 Å². The molecular weight excluding hydrogens is 192 g/mol. The molecule has 0 aromatic carbocycles. The van der Waals surface area contributed by atoms with Crippen molar-refractivity contribution in [2.45, 2.75) is 6.92 Å². The van der Waals surface area contributed by atoms with Crippen LogP contribution in [0.1, 0.15) is 5.69 Å². The lowest BCUT2D eigenvalue weighted by Gasteiger charge is -1.93. The van der Waals surface area contributed by atoms with Crippen molar-refractivity contribution in [3.8, 4) is 0 Å². The predicted octanol–water partition coefficient (Wildman–Crippen LogP) is 3.15. The summed E-state index contributed by atoms with van der Waals surface area (Å²) in [6.07, 6.45) is 3.69. The van der Waals surface area contributed by atoms with Crippen LogP contribution in [0.3, 0.4) is 0 Å². The summed E-state index contributed by atoms with van der Waals surface area (Å²) in [5.74, 6) is 0. The van der Waals surface area contributed by atoms with Gasteiger partial charge in [-0.15, -0.1) is 11.3 Å². The van der Waals surface area contributed by atoms with Crippen LogP contribution < -0.4 is 0 Å². The van der Waals surface area contributed by atoms with Gasteiger partial charge in [0.1, 0.15) is 0 Å². The van der Waals surface area contributed by atoms with Gasteiger partial charge in [0.2, 0.25) is 0 Å². The Hall–Kier alpha value is -1.48. The molecule has 0 N–H and O–H groups in total. The molecule has 0 spiro atoms. The molecule has 0 atom stereocenters. The predicted molar refractivity (Wildman–Crippen MR) is 59.7 cm³/mol. The molecule has 3 heterocycles. The molecule has 3 heteroatoms. The lowest BCUT2D eigenvalue weighted by atomic mass is 10.2. The van der Waals surface area contributed by atoms with Crippen LogP contribution in [-0.4, -0.2) is 9.97 Å². The van der Waals surface area contributed by atoms with E-state index in [-0.39, 0.29) is 0 Å². The van der Waals surface area contributed by atoms with Crippen LogP contribution in [0.25, 0.3) is 20.3 Å². The maximum atomic E-state index is 4.40. The van der Waals surface area contributed by atoms with Gasteiger partial charge in [-0.3, -0.25) is 9.97 Å². The van der Waals surface area contributed by atoms with E-state index in [1.807, 2.05) is 25.4 Å². The van der Waals surface area contributed by atoms with Gasteiger partial charge in [-0.25, -0.2) is 0 Å². The van der Waals surface area contributed by atoms with Gasteiger partial charge in [-0.05, 0) is 25.1 Å². The lowest BCUT2D eigenvalue weighted by molar-refractivity contribution is 1.24. The Kier molecular flexibility index (Phi) is 1.55. The quantitative estimate of drug-likeness (QED) is 0.557. The van der Waals surface area contributed by atoms with E-state index in [0.717, 1.165) is 11.2 Å². The van der Waals surface area contributed by atoms with Crippen LogP contribution in [0.2, 0.25) is 0 Å². The van der Waals surface area contributed by atoms with Gasteiger partial charge in [-0.2, -0.15) is 0 Å². The van der Waals surface area contributed by atoms with E-state index in [9.17, 15) is 0 Å². The Balaban J connectivity index is 2.65. The van der Waals surface area contributed by atoms with Crippen LogP contribution in [0.15, 0.2) is 30.6 Å². The van der Waals surface area contributed by atoms with E-state index >= 15 is 0 Å². The van der Waals surface area contributed by atoms with Crippen molar-refractivity contribution in [3.05, 3.63) is 36.3 Å². The summed E-state index contributed by atoms with van der Waals surface area (Å²) in [6, 6.07) is 6.13. The Morgan fingerprint density at radius 1 is 1.07 bits per heavy atom. The summed E-state index contributed by atoms with van der Waals surface area (Å²) < 4.78 is 2.50. The normalized spacial score (nSPS) is 11.2. The molecule has 0 aliphatic heterocycles. The summed E-state index contributed by atoms with van der Waals surface area (Å²) in [6.45, 7) is 2.03. The third-order valence-corrected chi connectivity index (χ3v) is 3.44. The minimum absolute atomic E-state index is 1.06. The molecule has 0 fully saturated rings.